The number of nitrogens with one attached hydrogen (secondary N) is 2. The average molecular weight is 446 g/mol. The molecule has 4 rings (SSSR count). The minimum absolute atomic E-state index is 0.319. The fourth-order valence-corrected chi connectivity index (χ4v) is 4.06. The second-order valence-corrected chi connectivity index (χ2v) is 8.11. The van der Waals surface area contributed by atoms with Crippen LogP contribution in [0.15, 0.2) is 48.5 Å². The zero-order chi connectivity index (χ0) is 21.1. The lowest BCUT2D eigenvalue weighted by Gasteiger charge is -2.23. The van der Waals surface area contributed by atoms with Crippen molar-refractivity contribution in [1.82, 2.24) is 15.1 Å². The maximum absolute atomic E-state index is 13.1. The summed E-state index contributed by atoms with van der Waals surface area (Å²) in [4.78, 5) is 26.9. The van der Waals surface area contributed by atoms with Crippen molar-refractivity contribution in [1.29, 1.82) is 0 Å². The van der Waals surface area contributed by atoms with Crippen LogP contribution >= 0.6 is 22.9 Å². The summed E-state index contributed by atoms with van der Waals surface area (Å²) >= 11 is 7.05. The average Bonchev–Trinajstić information content (AvgIpc) is 3.40. The Kier molecular flexibility index (Phi) is 5.91. The fourth-order valence-electron chi connectivity index (χ4n) is 3.18. The van der Waals surface area contributed by atoms with E-state index in [-0.39, 0.29) is 17.8 Å². The van der Waals surface area contributed by atoms with Gasteiger partial charge in [0.2, 0.25) is 11.0 Å². The topological polar surface area (TPSA) is 87.2 Å². The molecule has 3 aromatic rings. The molecule has 0 radical (unpaired) electrons. The molecule has 10 heteroatoms. The van der Waals surface area contributed by atoms with Crippen molar-refractivity contribution in [2.24, 2.45) is 0 Å². The standard InChI is InChI=1S/C20H17ClFN5O2S/c21-13-5-9-15(10-6-13)23-20(29)27-11-1-2-16(27)17(28)24-19-26-25-18(30-19)12-3-7-14(22)8-4-12/h3-10,16H,1-2,11H2,(H,23,29)(H,24,26,28). The van der Waals surface area contributed by atoms with Gasteiger partial charge in [-0.15, -0.1) is 10.2 Å². The van der Waals surface area contributed by atoms with Crippen molar-refractivity contribution >= 4 is 45.7 Å². The number of halogens is 2. The number of nitrogens with zero attached hydrogens (tertiary/aromatic N) is 3. The highest BCUT2D eigenvalue weighted by molar-refractivity contribution is 7.18. The van der Waals surface area contributed by atoms with Crippen molar-refractivity contribution in [2.75, 3.05) is 17.2 Å². The molecule has 1 saturated heterocycles. The van der Waals surface area contributed by atoms with Crippen LogP contribution in [-0.2, 0) is 4.79 Å². The predicted octanol–water partition coefficient (Wildman–Crippen LogP) is 4.63. The van der Waals surface area contributed by atoms with Crippen LogP contribution in [0.1, 0.15) is 12.8 Å². The molecule has 1 fully saturated rings. The molecule has 3 amide bonds. The molecule has 2 aromatic carbocycles. The smallest absolute Gasteiger partial charge is 0.312 e. The third-order valence-corrected chi connectivity index (χ3v) is 5.80. The van der Waals surface area contributed by atoms with Gasteiger partial charge in [-0.05, 0) is 61.4 Å². The quantitative estimate of drug-likeness (QED) is 0.612. The number of hydrogen-bond acceptors (Lipinski definition) is 5. The van der Waals surface area contributed by atoms with Gasteiger partial charge in [0.1, 0.15) is 16.9 Å². The normalized spacial score (nSPS) is 15.8. The first-order chi connectivity index (χ1) is 14.5. The molecule has 0 aliphatic carbocycles. The first-order valence-electron chi connectivity index (χ1n) is 9.23. The van der Waals surface area contributed by atoms with E-state index in [0.29, 0.717) is 39.4 Å². The Morgan fingerprint density at radius 2 is 1.80 bits per heavy atom. The van der Waals surface area contributed by atoms with E-state index in [1.807, 2.05) is 0 Å². The van der Waals surface area contributed by atoms with Gasteiger partial charge >= 0.3 is 6.03 Å². The van der Waals surface area contributed by atoms with Gasteiger partial charge in [0.25, 0.3) is 0 Å². The number of carbonyl (C=O) groups excluding carboxylic acids is 2. The molecule has 2 heterocycles. The molecule has 30 heavy (non-hydrogen) atoms. The fraction of sp³-hybridized carbons (Fsp3) is 0.200. The number of aromatic nitrogens is 2. The summed E-state index contributed by atoms with van der Waals surface area (Å²) in [6, 6.07) is 11.7. The second kappa shape index (κ2) is 8.76. The maximum Gasteiger partial charge on any atom is 0.322 e. The molecule has 1 aromatic heterocycles. The molecule has 154 valence electrons. The third kappa shape index (κ3) is 4.58. The van der Waals surface area contributed by atoms with E-state index in [0.717, 1.165) is 6.42 Å². The Bertz CT molecular complexity index is 1060. The van der Waals surface area contributed by atoms with Gasteiger partial charge in [0, 0.05) is 22.8 Å². The number of anilines is 2. The second-order valence-electron chi connectivity index (χ2n) is 6.70. The first kappa shape index (κ1) is 20.2. The van der Waals surface area contributed by atoms with Gasteiger partial charge in [0.05, 0.1) is 0 Å². The Labute approximate surface area is 180 Å². The molecule has 2 N–H and O–H groups in total. The Balaban J connectivity index is 1.40. The number of urea groups is 1. The van der Waals surface area contributed by atoms with Crippen LogP contribution < -0.4 is 10.6 Å². The maximum atomic E-state index is 13.1. The van der Waals surface area contributed by atoms with Crippen LogP contribution in [0.4, 0.5) is 20.0 Å². The zero-order valence-corrected chi connectivity index (χ0v) is 17.2. The number of likely N-dealkylation sites (tertiary alicyclic amines) is 1. The number of benzene rings is 2. The molecule has 1 aliphatic heterocycles. The summed E-state index contributed by atoms with van der Waals surface area (Å²) in [5.74, 6) is -0.657. The van der Waals surface area contributed by atoms with Crippen molar-refractivity contribution in [3.63, 3.8) is 0 Å². The Hall–Kier alpha value is -3.04. The SMILES string of the molecule is O=C(Nc1nnc(-c2ccc(F)cc2)s1)C1CCCN1C(=O)Nc1ccc(Cl)cc1. The molecule has 1 unspecified atom stereocenters. The minimum atomic E-state index is -0.601. The lowest BCUT2D eigenvalue weighted by molar-refractivity contribution is -0.119. The van der Waals surface area contributed by atoms with Crippen LogP contribution in [-0.4, -0.2) is 39.6 Å². The van der Waals surface area contributed by atoms with Crippen molar-refractivity contribution < 1.29 is 14.0 Å². The molecular formula is C20H17ClFN5O2S. The van der Waals surface area contributed by atoms with E-state index in [2.05, 4.69) is 20.8 Å². The monoisotopic (exact) mass is 445 g/mol. The first-order valence-corrected chi connectivity index (χ1v) is 10.4. The lowest BCUT2D eigenvalue weighted by atomic mass is 10.2. The van der Waals surface area contributed by atoms with Gasteiger partial charge in [-0.2, -0.15) is 0 Å². The summed E-state index contributed by atoms with van der Waals surface area (Å²) in [5, 5.41) is 15.0. The molecule has 1 atom stereocenters. The summed E-state index contributed by atoms with van der Waals surface area (Å²) in [6.07, 6.45) is 1.28. The Morgan fingerprint density at radius 1 is 1.07 bits per heavy atom. The van der Waals surface area contributed by atoms with Crippen molar-refractivity contribution in [3.05, 3.63) is 59.4 Å². The number of carbonyl (C=O) groups is 2. The number of amides is 3. The number of rotatable bonds is 4. The van der Waals surface area contributed by atoms with E-state index < -0.39 is 6.04 Å². The molecule has 0 bridgehead atoms. The van der Waals surface area contributed by atoms with Gasteiger partial charge in [0.15, 0.2) is 0 Å². The van der Waals surface area contributed by atoms with Gasteiger partial charge in [-0.25, -0.2) is 9.18 Å². The molecule has 0 saturated carbocycles. The van der Waals surface area contributed by atoms with E-state index in [1.54, 1.807) is 36.4 Å². The van der Waals surface area contributed by atoms with Crippen molar-refractivity contribution in [2.45, 2.75) is 18.9 Å². The van der Waals surface area contributed by atoms with Crippen LogP contribution in [0.25, 0.3) is 10.6 Å². The highest BCUT2D eigenvalue weighted by atomic mass is 35.5. The number of hydrogen-bond donors (Lipinski definition) is 2. The van der Waals surface area contributed by atoms with E-state index in [4.69, 9.17) is 11.6 Å². The van der Waals surface area contributed by atoms with Gasteiger partial charge in [-0.1, -0.05) is 22.9 Å². The zero-order valence-electron chi connectivity index (χ0n) is 15.6. The predicted molar refractivity (Wildman–Crippen MR) is 114 cm³/mol. The summed E-state index contributed by atoms with van der Waals surface area (Å²) in [5.41, 5.74) is 1.31. The largest absolute Gasteiger partial charge is 0.322 e. The van der Waals surface area contributed by atoms with E-state index in [1.165, 1.54) is 28.4 Å². The van der Waals surface area contributed by atoms with Crippen molar-refractivity contribution in [3.8, 4) is 10.6 Å². The summed E-state index contributed by atoms with van der Waals surface area (Å²) in [7, 11) is 0. The highest BCUT2D eigenvalue weighted by Gasteiger charge is 2.34. The minimum Gasteiger partial charge on any atom is -0.312 e. The summed E-state index contributed by atoms with van der Waals surface area (Å²) in [6.45, 7) is 0.481. The lowest BCUT2D eigenvalue weighted by Crippen LogP contribution is -2.45. The molecule has 0 spiro atoms. The van der Waals surface area contributed by atoms with Gasteiger partial charge in [-0.3, -0.25) is 10.1 Å². The summed E-state index contributed by atoms with van der Waals surface area (Å²) < 4.78 is 13.1. The third-order valence-electron chi connectivity index (χ3n) is 4.66. The van der Waals surface area contributed by atoms with Crippen LogP contribution in [0, 0.1) is 5.82 Å². The van der Waals surface area contributed by atoms with Crippen LogP contribution in [0.3, 0.4) is 0 Å². The molecule has 1 aliphatic rings. The van der Waals surface area contributed by atoms with Gasteiger partial charge < -0.3 is 10.2 Å². The van der Waals surface area contributed by atoms with E-state index in [9.17, 15) is 14.0 Å². The molecular weight excluding hydrogens is 429 g/mol. The van der Waals surface area contributed by atoms with E-state index >= 15 is 0 Å². The van der Waals surface area contributed by atoms with Crippen LogP contribution in [0.5, 0.6) is 0 Å². The highest BCUT2D eigenvalue weighted by Crippen LogP contribution is 2.27. The molecule has 7 nitrogen and oxygen atoms in total. The Morgan fingerprint density at radius 3 is 2.53 bits per heavy atom. The van der Waals surface area contributed by atoms with Crippen LogP contribution in [0.2, 0.25) is 5.02 Å².